The van der Waals surface area contributed by atoms with E-state index in [9.17, 15) is 14.4 Å². The lowest BCUT2D eigenvalue weighted by atomic mass is 10.2. The summed E-state index contributed by atoms with van der Waals surface area (Å²) in [5, 5.41) is 5.56. The number of nitrogens with one attached hydrogen (secondary N) is 2. The molecular formula is C18H18ClN3O4. The van der Waals surface area contributed by atoms with Gasteiger partial charge in [0.2, 0.25) is 0 Å². The summed E-state index contributed by atoms with van der Waals surface area (Å²) >= 11 is 6.03. The van der Waals surface area contributed by atoms with Crippen LogP contribution in [0.5, 0.6) is 0 Å². The van der Waals surface area contributed by atoms with Crippen molar-refractivity contribution in [1.29, 1.82) is 0 Å². The number of amides is 3. The molecule has 7 nitrogen and oxygen atoms in total. The van der Waals surface area contributed by atoms with Crippen molar-refractivity contribution in [1.82, 2.24) is 5.32 Å². The first-order chi connectivity index (χ1) is 12.4. The number of halogens is 1. The highest BCUT2D eigenvalue weighted by atomic mass is 35.5. The molecule has 0 heterocycles. The number of nitrogens with two attached hydrogens (primary N) is 1. The normalized spacial score (nSPS) is 11.3. The van der Waals surface area contributed by atoms with Crippen molar-refractivity contribution in [3.63, 3.8) is 0 Å². The summed E-state index contributed by atoms with van der Waals surface area (Å²) in [7, 11) is 0. The lowest BCUT2D eigenvalue weighted by Gasteiger charge is -2.14. The van der Waals surface area contributed by atoms with Crippen LogP contribution in [0.4, 0.5) is 10.5 Å². The number of ether oxygens (including phenoxy) is 1. The fraction of sp³-hybridized carbons (Fsp3) is 0.167. The Kier molecular flexibility index (Phi) is 6.57. The zero-order valence-corrected chi connectivity index (χ0v) is 14.7. The number of urea groups is 1. The van der Waals surface area contributed by atoms with Crippen molar-refractivity contribution in [2.75, 3.05) is 5.32 Å². The van der Waals surface area contributed by atoms with E-state index in [2.05, 4.69) is 10.6 Å². The number of esters is 1. The number of anilines is 1. The topological polar surface area (TPSA) is 111 Å². The van der Waals surface area contributed by atoms with E-state index < -0.39 is 24.0 Å². The molecule has 8 heteroatoms. The van der Waals surface area contributed by atoms with E-state index in [1.165, 1.54) is 19.1 Å². The predicted octanol–water partition coefficient (Wildman–Crippen LogP) is 2.69. The van der Waals surface area contributed by atoms with Gasteiger partial charge in [-0.3, -0.25) is 4.79 Å². The molecule has 0 aliphatic carbocycles. The van der Waals surface area contributed by atoms with Crippen LogP contribution in [0.15, 0.2) is 48.5 Å². The summed E-state index contributed by atoms with van der Waals surface area (Å²) in [6, 6.07) is 12.4. The van der Waals surface area contributed by atoms with Crippen LogP contribution >= 0.6 is 11.6 Å². The molecule has 0 fully saturated rings. The maximum Gasteiger partial charge on any atom is 0.338 e. The maximum absolute atomic E-state index is 12.2. The van der Waals surface area contributed by atoms with Gasteiger partial charge in [-0.1, -0.05) is 35.9 Å². The molecule has 1 atom stereocenters. The van der Waals surface area contributed by atoms with E-state index in [0.717, 1.165) is 5.56 Å². The molecule has 2 aromatic rings. The molecule has 0 aliphatic rings. The third-order valence-electron chi connectivity index (χ3n) is 3.43. The van der Waals surface area contributed by atoms with Gasteiger partial charge in [0.25, 0.3) is 5.91 Å². The largest absolute Gasteiger partial charge is 0.449 e. The van der Waals surface area contributed by atoms with Gasteiger partial charge in [-0.25, -0.2) is 9.59 Å². The van der Waals surface area contributed by atoms with E-state index in [-0.39, 0.29) is 12.1 Å². The second-order valence-electron chi connectivity index (χ2n) is 5.43. The van der Waals surface area contributed by atoms with Crippen LogP contribution in [0.1, 0.15) is 22.8 Å². The lowest BCUT2D eigenvalue weighted by molar-refractivity contribution is -0.129. The monoisotopic (exact) mass is 375 g/mol. The first-order valence-electron chi connectivity index (χ1n) is 7.75. The second kappa shape index (κ2) is 8.87. The fourth-order valence-corrected chi connectivity index (χ4v) is 2.32. The van der Waals surface area contributed by atoms with Gasteiger partial charge in [-0.15, -0.1) is 0 Å². The van der Waals surface area contributed by atoms with E-state index >= 15 is 0 Å². The quantitative estimate of drug-likeness (QED) is 0.674. The molecule has 0 radical (unpaired) electrons. The van der Waals surface area contributed by atoms with Gasteiger partial charge < -0.3 is 21.1 Å². The Balaban J connectivity index is 1.92. The third-order valence-corrected chi connectivity index (χ3v) is 3.80. The summed E-state index contributed by atoms with van der Waals surface area (Å²) < 4.78 is 5.15. The molecular weight excluding hydrogens is 358 g/mol. The number of primary amides is 1. The molecule has 0 spiro atoms. The van der Waals surface area contributed by atoms with Crippen molar-refractivity contribution >= 4 is 35.2 Å². The zero-order valence-electron chi connectivity index (χ0n) is 14.0. The van der Waals surface area contributed by atoms with Crippen LogP contribution in [0.25, 0.3) is 0 Å². The van der Waals surface area contributed by atoms with Gasteiger partial charge in [-0.2, -0.15) is 0 Å². The van der Waals surface area contributed by atoms with Crippen LogP contribution in [-0.4, -0.2) is 24.0 Å². The lowest BCUT2D eigenvalue weighted by Crippen LogP contribution is -2.35. The molecule has 136 valence electrons. The highest BCUT2D eigenvalue weighted by Gasteiger charge is 2.19. The molecule has 2 aromatic carbocycles. The molecule has 0 saturated carbocycles. The van der Waals surface area contributed by atoms with Gasteiger partial charge in [-0.05, 0) is 36.8 Å². The summed E-state index contributed by atoms with van der Waals surface area (Å²) in [5.74, 6) is -1.15. The highest BCUT2D eigenvalue weighted by molar-refractivity contribution is 6.31. The molecule has 4 N–H and O–H groups in total. The van der Waals surface area contributed by atoms with Crippen LogP contribution < -0.4 is 16.4 Å². The molecule has 0 bridgehead atoms. The zero-order chi connectivity index (χ0) is 19.1. The number of carbonyl (C=O) groups excluding carboxylic acids is 3. The predicted molar refractivity (Wildman–Crippen MR) is 97.8 cm³/mol. The van der Waals surface area contributed by atoms with E-state index in [4.69, 9.17) is 22.1 Å². The molecule has 0 aliphatic heterocycles. The number of hydrogen-bond acceptors (Lipinski definition) is 4. The Labute approximate surface area is 155 Å². The van der Waals surface area contributed by atoms with Crippen molar-refractivity contribution in [3.8, 4) is 0 Å². The summed E-state index contributed by atoms with van der Waals surface area (Å²) in [6.07, 6.45) is -1.00. The van der Waals surface area contributed by atoms with Crippen molar-refractivity contribution in [3.05, 3.63) is 64.7 Å². The molecule has 0 unspecified atom stereocenters. The smallest absolute Gasteiger partial charge is 0.338 e. The minimum Gasteiger partial charge on any atom is -0.449 e. The summed E-state index contributed by atoms with van der Waals surface area (Å²) in [5.41, 5.74) is 6.32. The Morgan fingerprint density at radius 2 is 1.88 bits per heavy atom. The number of carbonyl (C=O) groups is 3. The van der Waals surface area contributed by atoms with Gasteiger partial charge in [0.05, 0.1) is 5.56 Å². The molecule has 3 amide bonds. The maximum atomic E-state index is 12.2. The minimum absolute atomic E-state index is 0.182. The van der Waals surface area contributed by atoms with Crippen LogP contribution in [-0.2, 0) is 16.1 Å². The Morgan fingerprint density at radius 3 is 2.58 bits per heavy atom. The number of rotatable bonds is 6. The van der Waals surface area contributed by atoms with Crippen molar-refractivity contribution in [2.24, 2.45) is 5.73 Å². The molecule has 26 heavy (non-hydrogen) atoms. The van der Waals surface area contributed by atoms with Gasteiger partial charge >= 0.3 is 12.0 Å². The van der Waals surface area contributed by atoms with E-state index in [1.54, 1.807) is 30.3 Å². The number of benzene rings is 2. The van der Waals surface area contributed by atoms with Crippen molar-refractivity contribution < 1.29 is 19.1 Å². The Hall–Kier alpha value is -3.06. The average Bonchev–Trinajstić information content (AvgIpc) is 2.60. The second-order valence-corrected chi connectivity index (χ2v) is 5.83. The average molecular weight is 376 g/mol. The van der Waals surface area contributed by atoms with E-state index in [0.29, 0.717) is 10.7 Å². The van der Waals surface area contributed by atoms with Crippen molar-refractivity contribution in [2.45, 2.75) is 19.6 Å². The molecule has 0 saturated heterocycles. The van der Waals surface area contributed by atoms with Gasteiger partial charge in [0.1, 0.15) is 0 Å². The van der Waals surface area contributed by atoms with Crippen LogP contribution in [0.2, 0.25) is 5.02 Å². The molecule has 0 aromatic heterocycles. The summed E-state index contributed by atoms with van der Waals surface area (Å²) in [4.78, 5) is 35.1. The minimum atomic E-state index is -1.00. The Bertz CT molecular complexity index is 826. The SMILES string of the molecule is C[C@H](OC(=O)c1cccc(NC(N)=O)c1)C(=O)NCc1ccccc1Cl. The van der Waals surface area contributed by atoms with Crippen LogP contribution in [0.3, 0.4) is 0 Å². The highest BCUT2D eigenvalue weighted by Crippen LogP contribution is 2.15. The summed E-state index contributed by atoms with van der Waals surface area (Å²) in [6.45, 7) is 1.68. The first kappa shape index (κ1) is 19.3. The van der Waals surface area contributed by atoms with Gasteiger partial charge in [0, 0.05) is 17.3 Å². The first-order valence-corrected chi connectivity index (χ1v) is 8.13. The van der Waals surface area contributed by atoms with Crippen LogP contribution in [0, 0.1) is 0 Å². The van der Waals surface area contributed by atoms with Gasteiger partial charge in [0.15, 0.2) is 6.10 Å². The van der Waals surface area contributed by atoms with E-state index in [1.807, 2.05) is 6.07 Å². The third kappa shape index (κ3) is 5.49. The molecule has 2 rings (SSSR count). The Morgan fingerprint density at radius 1 is 1.15 bits per heavy atom. The fourth-order valence-electron chi connectivity index (χ4n) is 2.12. The standard InChI is InChI=1S/C18H18ClN3O4/c1-11(16(23)21-10-13-5-2-3-8-15(13)19)26-17(24)12-6-4-7-14(9-12)22-18(20)25/h2-9,11H,10H2,1H3,(H,21,23)(H3,20,22,25)/t11-/m0/s1. The number of hydrogen-bond donors (Lipinski definition) is 3.